The summed E-state index contributed by atoms with van der Waals surface area (Å²) in [4.78, 5) is 48.5. The van der Waals surface area contributed by atoms with Gasteiger partial charge in [-0.25, -0.2) is 9.59 Å². The monoisotopic (exact) mass is 524 g/mol. The highest BCUT2D eigenvalue weighted by Gasteiger charge is 2.20. The summed E-state index contributed by atoms with van der Waals surface area (Å²) >= 11 is 0. The lowest BCUT2D eigenvalue weighted by molar-refractivity contribution is -0.386. The number of carbonyl (C=O) groups excluding carboxylic acids is 3. The summed E-state index contributed by atoms with van der Waals surface area (Å²) < 4.78 is 21.5. The summed E-state index contributed by atoms with van der Waals surface area (Å²) in [6.07, 6.45) is -0.783. The van der Waals surface area contributed by atoms with Crippen LogP contribution in [0.1, 0.15) is 70.3 Å². The molecule has 0 atom stereocenters. The minimum atomic E-state index is -0.669. The number of nitrogens with one attached hydrogen (secondary N) is 1. The number of hydrogen-bond acceptors (Lipinski definition) is 9. The number of ether oxygens (including phenoxy) is 3. The Labute approximate surface area is 218 Å². The molecule has 11 nitrogen and oxygen atoms in total. The molecule has 0 saturated carbocycles. The van der Waals surface area contributed by atoms with Crippen LogP contribution in [0.4, 0.5) is 11.4 Å². The highest BCUT2D eigenvalue weighted by atomic mass is 16.6. The number of aryl methyl sites for hydroxylation is 1. The summed E-state index contributed by atoms with van der Waals surface area (Å²) in [6.45, 7) is 8.32. The standard InChI is InChI=1S/C27H28N2O9/c1-15(2)36-26(31)18-11-19(27(32)37-16(3)4)13-20(12-18)28-25(30)24-9-7-21(38-24)14-35-23-8-6-17(5)10-22(23)29(33)34/h6-13,15-16H,14H2,1-5H3,(H,28,30). The lowest BCUT2D eigenvalue weighted by Crippen LogP contribution is -2.17. The lowest BCUT2D eigenvalue weighted by Gasteiger charge is -2.13. The van der Waals surface area contributed by atoms with Crippen LogP contribution in [0.2, 0.25) is 0 Å². The van der Waals surface area contributed by atoms with E-state index in [4.69, 9.17) is 18.6 Å². The van der Waals surface area contributed by atoms with Gasteiger partial charge >= 0.3 is 17.6 Å². The molecule has 0 radical (unpaired) electrons. The predicted octanol–water partition coefficient (Wildman–Crippen LogP) is 5.46. The topological polar surface area (TPSA) is 147 Å². The van der Waals surface area contributed by atoms with E-state index < -0.39 is 35.0 Å². The van der Waals surface area contributed by atoms with Gasteiger partial charge in [-0.2, -0.15) is 0 Å². The number of nitro groups is 1. The molecular formula is C27H28N2O9. The van der Waals surface area contributed by atoms with Crippen LogP contribution < -0.4 is 10.1 Å². The molecule has 0 saturated heterocycles. The number of nitro benzene ring substituents is 1. The second-order valence-corrected chi connectivity index (χ2v) is 8.94. The largest absolute Gasteiger partial charge is 0.479 e. The average molecular weight is 525 g/mol. The van der Waals surface area contributed by atoms with E-state index in [1.54, 1.807) is 40.7 Å². The summed E-state index contributed by atoms with van der Waals surface area (Å²) in [7, 11) is 0. The van der Waals surface area contributed by atoms with E-state index >= 15 is 0 Å². The number of nitrogens with zero attached hydrogens (tertiary/aromatic N) is 1. The molecule has 3 rings (SSSR count). The molecule has 200 valence electrons. The molecule has 0 aliphatic heterocycles. The molecule has 0 aliphatic rings. The molecule has 3 aromatic rings. The van der Waals surface area contributed by atoms with Crippen molar-refractivity contribution in [3.8, 4) is 5.75 Å². The summed E-state index contributed by atoms with van der Waals surface area (Å²) in [5.74, 6) is -1.76. The zero-order valence-electron chi connectivity index (χ0n) is 21.6. The van der Waals surface area contributed by atoms with Gasteiger partial charge in [0.2, 0.25) is 0 Å². The average Bonchev–Trinajstić information content (AvgIpc) is 3.31. The Kier molecular flexibility index (Phi) is 8.85. The van der Waals surface area contributed by atoms with Gasteiger partial charge in [-0.15, -0.1) is 0 Å². The maximum Gasteiger partial charge on any atom is 0.338 e. The van der Waals surface area contributed by atoms with Crippen molar-refractivity contribution in [2.24, 2.45) is 0 Å². The van der Waals surface area contributed by atoms with Crippen LogP contribution in [0.15, 0.2) is 52.9 Å². The van der Waals surface area contributed by atoms with E-state index in [0.717, 1.165) is 0 Å². The molecule has 0 bridgehead atoms. The number of esters is 2. The number of anilines is 1. The fraction of sp³-hybridized carbons (Fsp3) is 0.296. The van der Waals surface area contributed by atoms with Gasteiger partial charge in [-0.3, -0.25) is 14.9 Å². The van der Waals surface area contributed by atoms with Crippen LogP contribution in [-0.4, -0.2) is 35.0 Å². The van der Waals surface area contributed by atoms with Gasteiger partial charge in [0, 0.05) is 11.8 Å². The van der Waals surface area contributed by atoms with E-state index in [1.807, 2.05) is 0 Å². The Bertz CT molecular complexity index is 1320. The fourth-order valence-electron chi connectivity index (χ4n) is 3.31. The van der Waals surface area contributed by atoms with Crippen LogP contribution in [0, 0.1) is 17.0 Å². The molecule has 0 aliphatic carbocycles. The van der Waals surface area contributed by atoms with Gasteiger partial charge in [-0.05, 0) is 76.6 Å². The van der Waals surface area contributed by atoms with E-state index in [-0.39, 0.29) is 46.4 Å². The Hall–Kier alpha value is -4.67. The van der Waals surface area contributed by atoms with Crippen LogP contribution in [-0.2, 0) is 16.1 Å². The highest BCUT2D eigenvalue weighted by molar-refractivity contribution is 6.04. The number of rotatable bonds is 10. The van der Waals surface area contributed by atoms with Gasteiger partial charge in [0.1, 0.15) is 12.4 Å². The van der Waals surface area contributed by atoms with Crippen LogP contribution >= 0.6 is 0 Å². The third kappa shape index (κ3) is 7.42. The molecule has 1 heterocycles. The lowest BCUT2D eigenvalue weighted by atomic mass is 10.1. The number of furan rings is 1. The summed E-state index contributed by atoms with van der Waals surface area (Å²) in [5, 5.41) is 13.9. The third-order valence-corrected chi connectivity index (χ3v) is 4.91. The minimum absolute atomic E-state index is 0.0560. The van der Waals surface area contributed by atoms with Crippen molar-refractivity contribution in [1.29, 1.82) is 0 Å². The Balaban J connectivity index is 1.77. The molecule has 38 heavy (non-hydrogen) atoms. The Morgan fingerprint density at radius 1 is 0.921 bits per heavy atom. The second kappa shape index (κ2) is 12.0. The third-order valence-electron chi connectivity index (χ3n) is 4.91. The van der Waals surface area contributed by atoms with Crippen molar-refractivity contribution in [2.75, 3.05) is 5.32 Å². The minimum Gasteiger partial charge on any atom is -0.479 e. The maximum absolute atomic E-state index is 12.8. The van der Waals surface area contributed by atoms with E-state index in [0.29, 0.717) is 5.56 Å². The van der Waals surface area contributed by atoms with Gasteiger partial charge in [0.25, 0.3) is 5.91 Å². The molecule has 1 N–H and O–H groups in total. The molecule has 0 spiro atoms. The quantitative estimate of drug-likeness (QED) is 0.207. The molecule has 0 unspecified atom stereocenters. The number of amides is 1. The molecule has 2 aromatic carbocycles. The van der Waals surface area contributed by atoms with Crippen molar-refractivity contribution >= 4 is 29.2 Å². The first-order valence-electron chi connectivity index (χ1n) is 11.8. The fourth-order valence-corrected chi connectivity index (χ4v) is 3.31. The zero-order chi connectivity index (χ0) is 28.0. The number of carbonyl (C=O) groups is 3. The van der Waals surface area contributed by atoms with Gasteiger partial charge in [0.15, 0.2) is 11.5 Å². The maximum atomic E-state index is 12.8. The van der Waals surface area contributed by atoms with Gasteiger partial charge < -0.3 is 23.9 Å². The van der Waals surface area contributed by atoms with Crippen LogP contribution in [0.5, 0.6) is 5.75 Å². The number of hydrogen-bond donors (Lipinski definition) is 1. The van der Waals surface area contributed by atoms with Gasteiger partial charge in [0.05, 0.1) is 28.3 Å². The summed E-state index contributed by atoms with van der Waals surface area (Å²) in [5.41, 5.74) is 0.787. The molecular weight excluding hydrogens is 496 g/mol. The first-order valence-corrected chi connectivity index (χ1v) is 11.8. The Morgan fingerprint density at radius 2 is 1.53 bits per heavy atom. The zero-order valence-corrected chi connectivity index (χ0v) is 21.6. The molecule has 0 fully saturated rings. The van der Waals surface area contributed by atoms with Crippen molar-refractivity contribution in [2.45, 2.75) is 53.4 Å². The SMILES string of the molecule is Cc1ccc(OCc2ccc(C(=O)Nc3cc(C(=O)OC(C)C)cc(C(=O)OC(C)C)c3)o2)c([N+](=O)[O-])c1. The first-order chi connectivity index (χ1) is 17.9. The van der Waals surface area contributed by atoms with Crippen molar-refractivity contribution in [3.63, 3.8) is 0 Å². The van der Waals surface area contributed by atoms with Crippen LogP contribution in [0.25, 0.3) is 0 Å². The predicted molar refractivity (Wildman–Crippen MR) is 136 cm³/mol. The Morgan fingerprint density at radius 3 is 2.08 bits per heavy atom. The molecule has 1 aromatic heterocycles. The van der Waals surface area contributed by atoms with Crippen molar-refractivity contribution in [1.82, 2.24) is 0 Å². The molecule has 11 heteroatoms. The van der Waals surface area contributed by atoms with Crippen molar-refractivity contribution in [3.05, 3.63) is 86.9 Å². The van der Waals surface area contributed by atoms with E-state index in [2.05, 4.69) is 5.32 Å². The second-order valence-electron chi connectivity index (χ2n) is 8.94. The first kappa shape index (κ1) is 27.9. The van der Waals surface area contributed by atoms with Gasteiger partial charge in [-0.1, -0.05) is 6.07 Å². The molecule has 1 amide bonds. The van der Waals surface area contributed by atoms with Crippen LogP contribution in [0.3, 0.4) is 0 Å². The smallest absolute Gasteiger partial charge is 0.338 e. The van der Waals surface area contributed by atoms with E-state index in [9.17, 15) is 24.5 Å². The van der Waals surface area contributed by atoms with Crippen molar-refractivity contribution < 1.29 is 37.9 Å². The number of benzene rings is 2. The summed E-state index contributed by atoms with van der Waals surface area (Å²) in [6, 6.07) is 11.5. The van der Waals surface area contributed by atoms with E-state index in [1.165, 1.54) is 42.5 Å². The normalized spacial score (nSPS) is 10.8. The highest BCUT2D eigenvalue weighted by Crippen LogP contribution is 2.29.